The summed E-state index contributed by atoms with van der Waals surface area (Å²) < 4.78 is 13.0. The molecule has 0 bridgehead atoms. The van der Waals surface area contributed by atoms with E-state index in [0.29, 0.717) is 19.0 Å². The number of piperazine rings is 1. The molecule has 1 amide bonds. The predicted octanol–water partition coefficient (Wildman–Crippen LogP) is 1.42. The van der Waals surface area contributed by atoms with Crippen LogP contribution in [0.2, 0.25) is 0 Å². The Labute approximate surface area is 148 Å². The van der Waals surface area contributed by atoms with Crippen molar-refractivity contribution in [2.24, 2.45) is 16.1 Å². The van der Waals surface area contributed by atoms with Gasteiger partial charge in [-0.15, -0.1) is 0 Å². The standard InChI is InChI=1S/C18H28FN5O/c1-4-21-16(25)18(2,3)13-22-17(20)24-11-9-23(10-12-24)15-7-5-14(19)6-8-15/h5-8H,4,9-13H2,1-3H3,(H2,20,22)(H,21,25). The SMILES string of the molecule is CCNC(=O)C(C)(C)CN=C(N)N1CCN(c2ccc(F)cc2)CC1. The third-order valence-corrected chi connectivity index (χ3v) is 4.38. The van der Waals surface area contributed by atoms with Gasteiger partial charge in [0.25, 0.3) is 0 Å². The second-order valence-corrected chi connectivity index (χ2v) is 6.87. The van der Waals surface area contributed by atoms with E-state index in [9.17, 15) is 9.18 Å². The first-order valence-corrected chi connectivity index (χ1v) is 8.67. The number of hydrogen-bond acceptors (Lipinski definition) is 3. The normalized spacial score (nSPS) is 16.1. The van der Waals surface area contributed by atoms with Gasteiger partial charge in [-0.1, -0.05) is 0 Å². The molecule has 0 aromatic heterocycles. The molecule has 2 rings (SSSR count). The van der Waals surface area contributed by atoms with E-state index in [1.807, 2.05) is 25.7 Å². The third-order valence-electron chi connectivity index (χ3n) is 4.38. The lowest BCUT2D eigenvalue weighted by atomic mass is 9.92. The van der Waals surface area contributed by atoms with Crippen molar-refractivity contribution in [2.75, 3.05) is 44.2 Å². The number of hydrogen-bond donors (Lipinski definition) is 2. The summed E-state index contributed by atoms with van der Waals surface area (Å²) in [6.07, 6.45) is 0. The molecule has 1 aliphatic rings. The van der Waals surface area contributed by atoms with E-state index in [-0.39, 0.29) is 11.7 Å². The quantitative estimate of drug-likeness (QED) is 0.623. The number of carbonyl (C=O) groups excluding carboxylic acids is 1. The largest absolute Gasteiger partial charge is 0.370 e. The van der Waals surface area contributed by atoms with Gasteiger partial charge in [0.05, 0.1) is 12.0 Å². The molecule has 1 aliphatic heterocycles. The van der Waals surface area contributed by atoms with Crippen LogP contribution in [0.5, 0.6) is 0 Å². The average Bonchev–Trinajstić information content (AvgIpc) is 2.61. The van der Waals surface area contributed by atoms with Crippen molar-refractivity contribution in [1.82, 2.24) is 10.2 Å². The number of amides is 1. The molecule has 0 aliphatic carbocycles. The van der Waals surface area contributed by atoms with Crippen molar-refractivity contribution in [3.05, 3.63) is 30.1 Å². The second-order valence-electron chi connectivity index (χ2n) is 6.87. The summed E-state index contributed by atoms with van der Waals surface area (Å²) in [5, 5.41) is 2.82. The van der Waals surface area contributed by atoms with E-state index in [2.05, 4.69) is 15.2 Å². The van der Waals surface area contributed by atoms with Gasteiger partial charge in [0.15, 0.2) is 5.96 Å². The van der Waals surface area contributed by atoms with E-state index in [1.54, 1.807) is 12.1 Å². The summed E-state index contributed by atoms with van der Waals surface area (Å²) >= 11 is 0. The Hall–Kier alpha value is -2.31. The molecular formula is C18H28FN5O. The Morgan fingerprint density at radius 2 is 1.84 bits per heavy atom. The number of aliphatic imine (C=N–C) groups is 1. The van der Waals surface area contributed by atoms with Gasteiger partial charge in [0.1, 0.15) is 5.82 Å². The maximum Gasteiger partial charge on any atom is 0.227 e. The van der Waals surface area contributed by atoms with Crippen LogP contribution in [0.4, 0.5) is 10.1 Å². The van der Waals surface area contributed by atoms with Gasteiger partial charge >= 0.3 is 0 Å². The van der Waals surface area contributed by atoms with Crippen molar-refractivity contribution in [2.45, 2.75) is 20.8 Å². The van der Waals surface area contributed by atoms with Crippen molar-refractivity contribution >= 4 is 17.6 Å². The molecule has 0 unspecified atom stereocenters. The van der Waals surface area contributed by atoms with E-state index >= 15 is 0 Å². The first-order valence-electron chi connectivity index (χ1n) is 8.67. The predicted molar refractivity (Wildman–Crippen MR) is 99.1 cm³/mol. The Balaban J connectivity index is 1.89. The highest BCUT2D eigenvalue weighted by Gasteiger charge is 2.27. The Bertz CT molecular complexity index is 606. The van der Waals surface area contributed by atoms with E-state index < -0.39 is 5.41 Å². The van der Waals surface area contributed by atoms with Crippen LogP contribution in [-0.2, 0) is 4.79 Å². The van der Waals surface area contributed by atoms with E-state index in [1.165, 1.54) is 12.1 Å². The Morgan fingerprint density at radius 3 is 2.40 bits per heavy atom. The zero-order valence-electron chi connectivity index (χ0n) is 15.3. The van der Waals surface area contributed by atoms with Crippen LogP contribution in [0.15, 0.2) is 29.3 Å². The minimum Gasteiger partial charge on any atom is -0.370 e. The van der Waals surface area contributed by atoms with Gasteiger partial charge in [-0.25, -0.2) is 4.39 Å². The molecule has 0 atom stereocenters. The number of nitrogens with one attached hydrogen (secondary N) is 1. The highest BCUT2D eigenvalue weighted by Crippen LogP contribution is 2.18. The molecule has 3 N–H and O–H groups in total. The fourth-order valence-electron chi connectivity index (χ4n) is 2.70. The number of benzene rings is 1. The van der Waals surface area contributed by atoms with E-state index in [0.717, 1.165) is 31.9 Å². The maximum atomic E-state index is 13.0. The monoisotopic (exact) mass is 349 g/mol. The van der Waals surface area contributed by atoms with Crippen LogP contribution in [0, 0.1) is 11.2 Å². The zero-order chi connectivity index (χ0) is 18.4. The molecule has 0 spiro atoms. The summed E-state index contributed by atoms with van der Waals surface area (Å²) in [5.74, 6) is 0.220. The van der Waals surface area contributed by atoms with Crippen molar-refractivity contribution in [3.63, 3.8) is 0 Å². The van der Waals surface area contributed by atoms with Crippen molar-refractivity contribution < 1.29 is 9.18 Å². The van der Waals surface area contributed by atoms with Crippen LogP contribution in [0.3, 0.4) is 0 Å². The van der Waals surface area contributed by atoms with Gasteiger partial charge < -0.3 is 20.9 Å². The molecule has 25 heavy (non-hydrogen) atoms. The average molecular weight is 349 g/mol. The first kappa shape index (κ1) is 19.0. The van der Waals surface area contributed by atoms with Crippen molar-refractivity contribution in [1.29, 1.82) is 0 Å². The highest BCUT2D eigenvalue weighted by atomic mass is 19.1. The summed E-state index contributed by atoms with van der Waals surface area (Å²) in [5.41, 5.74) is 6.53. The second kappa shape index (κ2) is 8.18. The molecule has 7 heteroatoms. The number of carbonyl (C=O) groups is 1. The van der Waals surface area contributed by atoms with Gasteiger partial charge in [-0.2, -0.15) is 0 Å². The number of guanidine groups is 1. The molecule has 1 heterocycles. The van der Waals surface area contributed by atoms with Gasteiger partial charge in [0, 0.05) is 38.4 Å². The molecule has 1 fully saturated rings. The Morgan fingerprint density at radius 1 is 1.24 bits per heavy atom. The lowest BCUT2D eigenvalue weighted by Crippen LogP contribution is -2.51. The summed E-state index contributed by atoms with van der Waals surface area (Å²) in [7, 11) is 0. The minimum absolute atomic E-state index is 0.0207. The minimum atomic E-state index is -0.587. The highest BCUT2D eigenvalue weighted by molar-refractivity contribution is 5.83. The molecule has 138 valence electrons. The zero-order valence-corrected chi connectivity index (χ0v) is 15.3. The van der Waals surface area contributed by atoms with Crippen LogP contribution in [0.1, 0.15) is 20.8 Å². The van der Waals surface area contributed by atoms with Crippen LogP contribution >= 0.6 is 0 Å². The summed E-state index contributed by atoms with van der Waals surface area (Å²) in [6, 6.07) is 6.52. The fraction of sp³-hybridized carbons (Fsp3) is 0.556. The van der Waals surface area contributed by atoms with Crippen LogP contribution in [-0.4, -0.2) is 56.0 Å². The Kier molecular flexibility index (Phi) is 6.22. The molecule has 1 aromatic rings. The topological polar surface area (TPSA) is 74.0 Å². The van der Waals surface area contributed by atoms with Gasteiger partial charge in [-0.05, 0) is 45.0 Å². The van der Waals surface area contributed by atoms with Crippen LogP contribution < -0.4 is 16.0 Å². The maximum absolute atomic E-state index is 13.0. The van der Waals surface area contributed by atoms with E-state index in [4.69, 9.17) is 5.73 Å². The van der Waals surface area contributed by atoms with Crippen LogP contribution in [0.25, 0.3) is 0 Å². The fourth-order valence-corrected chi connectivity index (χ4v) is 2.70. The smallest absolute Gasteiger partial charge is 0.227 e. The van der Waals surface area contributed by atoms with Gasteiger partial charge in [0.2, 0.25) is 5.91 Å². The number of nitrogens with zero attached hydrogens (tertiary/aromatic N) is 3. The number of nitrogens with two attached hydrogens (primary N) is 1. The third kappa shape index (κ3) is 5.08. The molecule has 6 nitrogen and oxygen atoms in total. The number of halogens is 1. The molecule has 0 saturated carbocycles. The lowest BCUT2D eigenvalue weighted by Gasteiger charge is -2.36. The van der Waals surface area contributed by atoms with Gasteiger partial charge in [-0.3, -0.25) is 9.79 Å². The molecular weight excluding hydrogens is 321 g/mol. The molecule has 0 radical (unpaired) electrons. The van der Waals surface area contributed by atoms with Crippen molar-refractivity contribution in [3.8, 4) is 0 Å². The molecule has 1 aromatic carbocycles. The first-order chi connectivity index (χ1) is 11.8. The number of rotatable bonds is 5. The summed E-state index contributed by atoms with van der Waals surface area (Å²) in [6.45, 7) is 9.65. The summed E-state index contributed by atoms with van der Waals surface area (Å²) in [4.78, 5) is 20.7. The molecule has 1 saturated heterocycles. The lowest BCUT2D eigenvalue weighted by molar-refractivity contribution is -0.128. The number of anilines is 1.